The first-order chi connectivity index (χ1) is 14.6. The third-order valence-electron chi connectivity index (χ3n) is 7.50. The van der Waals surface area contributed by atoms with Crippen LogP contribution in [0.3, 0.4) is 0 Å². The second kappa shape index (κ2) is 9.83. The van der Waals surface area contributed by atoms with Crippen LogP contribution in [0.15, 0.2) is 4.99 Å². The molecule has 8 heteroatoms. The quantitative estimate of drug-likeness (QED) is 0.358. The lowest BCUT2D eigenvalue weighted by Crippen LogP contribution is -2.69. The standard InChI is InChI=1S/C22H39N5O3/c1-26(2)18(28)16-24-21(23-9-5-10-27-11-14-29-15-12-27)25-19-17-6-13-30-20(17)22(19)7-3-4-8-22/h17,19-20H,3-16H2,1-2H3,(H2,23,24,25). The van der Waals surface area contributed by atoms with Gasteiger partial charge in [-0.15, -0.1) is 0 Å². The molecule has 2 saturated carbocycles. The molecule has 0 aromatic carbocycles. The molecule has 4 fully saturated rings. The van der Waals surface area contributed by atoms with Crippen LogP contribution in [-0.4, -0.2) is 100 Å². The van der Waals surface area contributed by atoms with Crippen molar-refractivity contribution < 1.29 is 14.3 Å². The van der Waals surface area contributed by atoms with Gasteiger partial charge in [-0.1, -0.05) is 12.8 Å². The first-order valence-electron chi connectivity index (χ1n) is 11.8. The molecule has 170 valence electrons. The van der Waals surface area contributed by atoms with Crippen molar-refractivity contribution in [2.24, 2.45) is 16.3 Å². The Morgan fingerprint density at radius 2 is 1.97 bits per heavy atom. The highest BCUT2D eigenvalue weighted by molar-refractivity contribution is 5.85. The molecule has 2 aliphatic carbocycles. The maximum absolute atomic E-state index is 12.1. The first kappa shape index (κ1) is 21.8. The summed E-state index contributed by atoms with van der Waals surface area (Å²) in [6, 6.07) is 0.410. The molecule has 3 atom stereocenters. The zero-order chi connectivity index (χ0) is 21.0. The van der Waals surface area contributed by atoms with Crippen molar-refractivity contribution in [3.8, 4) is 0 Å². The van der Waals surface area contributed by atoms with Gasteiger partial charge >= 0.3 is 0 Å². The molecule has 0 aromatic heterocycles. The fourth-order valence-electron chi connectivity index (χ4n) is 5.83. The van der Waals surface area contributed by atoms with Gasteiger partial charge in [0.15, 0.2) is 5.96 Å². The van der Waals surface area contributed by atoms with Crippen LogP contribution in [0.5, 0.6) is 0 Å². The van der Waals surface area contributed by atoms with E-state index in [-0.39, 0.29) is 17.9 Å². The number of carbonyl (C=O) groups is 1. The molecular formula is C22H39N5O3. The monoisotopic (exact) mass is 421 g/mol. The van der Waals surface area contributed by atoms with E-state index in [4.69, 9.17) is 9.47 Å². The lowest BCUT2D eigenvalue weighted by atomic mass is 9.54. The highest BCUT2D eigenvalue weighted by Crippen LogP contribution is 2.60. The number of morpholine rings is 1. The summed E-state index contributed by atoms with van der Waals surface area (Å²) in [5.74, 6) is 1.39. The van der Waals surface area contributed by atoms with E-state index in [1.165, 1.54) is 25.7 Å². The van der Waals surface area contributed by atoms with Gasteiger partial charge in [0.1, 0.15) is 6.54 Å². The number of nitrogens with one attached hydrogen (secondary N) is 2. The number of fused-ring (bicyclic) bond motifs is 2. The molecule has 2 aliphatic heterocycles. The van der Waals surface area contributed by atoms with E-state index in [0.717, 1.165) is 64.8 Å². The Morgan fingerprint density at radius 1 is 1.20 bits per heavy atom. The lowest BCUT2D eigenvalue weighted by molar-refractivity contribution is -0.127. The first-order valence-corrected chi connectivity index (χ1v) is 11.8. The molecule has 0 radical (unpaired) electrons. The van der Waals surface area contributed by atoms with Gasteiger partial charge in [0.25, 0.3) is 0 Å². The molecule has 0 aromatic rings. The van der Waals surface area contributed by atoms with Crippen molar-refractivity contribution in [1.29, 1.82) is 0 Å². The fraction of sp³-hybridized carbons (Fsp3) is 0.909. The number of amides is 1. The number of nitrogens with zero attached hydrogens (tertiary/aromatic N) is 3. The van der Waals surface area contributed by atoms with Crippen molar-refractivity contribution in [3.63, 3.8) is 0 Å². The second-order valence-electron chi connectivity index (χ2n) is 9.49. The van der Waals surface area contributed by atoms with Gasteiger partial charge in [-0.25, -0.2) is 4.99 Å². The zero-order valence-electron chi connectivity index (χ0n) is 18.7. The highest BCUT2D eigenvalue weighted by Gasteiger charge is 2.65. The minimum atomic E-state index is 0.0238. The number of hydrogen-bond donors (Lipinski definition) is 2. The number of guanidine groups is 1. The summed E-state index contributed by atoms with van der Waals surface area (Å²) in [4.78, 5) is 20.8. The van der Waals surface area contributed by atoms with E-state index in [1.54, 1.807) is 19.0 Å². The largest absolute Gasteiger partial charge is 0.379 e. The molecular weight excluding hydrogens is 382 g/mol. The average molecular weight is 422 g/mol. The maximum atomic E-state index is 12.1. The van der Waals surface area contributed by atoms with Gasteiger partial charge in [0.2, 0.25) is 5.91 Å². The Morgan fingerprint density at radius 3 is 2.70 bits per heavy atom. The summed E-state index contributed by atoms with van der Waals surface area (Å²) in [7, 11) is 3.56. The van der Waals surface area contributed by atoms with Crippen LogP contribution in [0.2, 0.25) is 0 Å². The molecule has 2 N–H and O–H groups in total. The number of hydrogen-bond acceptors (Lipinski definition) is 5. The molecule has 3 unspecified atom stereocenters. The number of ether oxygens (including phenoxy) is 2. The van der Waals surface area contributed by atoms with Crippen molar-refractivity contribution in [1.82, 2.24) is 20.4 Å². The predicted octanol–water partition coefficient (Wildman–Crippen LogP) is 0.680. The Hall–Kier alpha value is -1.38. The van der Waals surface area contributed by atoms with E-state index in [1.807, 2.05) is 0 Å². The number of rotatable bonds is 7. The van der Waals surface area contributed by atoms with Gasteiger partial charge in [0, 0.05) is 57.7 Å². The normalized spacial score (nSPS) is 30.7. The van der Waals surface area contributed by atoms with Crippen molar-refractivity contribution in [2.45, 2.75) is 50.7 Å². The van der Waals surface area contributed by atoms with Gasteiger partial charge in [-0.3, -0.25) is 9.69 Å². The summed E-state index contributed by atoms with van der Waals surface area (Å²) >= 11 is 0. The van der Waals surface area contributed by atoms with E-state index in [0.29, 0.717) is 18.1 Å². The van der Waals surface area contributed by atoms with Crippen molar-refractivity contribution in [3.05, 3.63) is 0 Å². The molecule has 0 bridgehead atoms. The third kappa shape index (κ3) is 4.60. The summed E-state index contributed by atoms with van der Waals surface area (Å²) in [6.45, 7) is 6.68. The smallest absolute Gasteiger partial charge is 0.243 e. The number of carbonyl (C=O) groups excluding carboxylic acids is 1. The molecule has 1 amide bonds. The van der Waals surface area contributed by atoms with Crippen LogP contribution in [0.25, 0.3) is 0 Å². The Labute approximate surface area is 180 Å². The van der Waals surface area contributed by atoms with Crippen molar-refractivity contribution in [2.75, 3.05) is 66.6 Å². The number of likely N-dealkylation sites (N-methyl/N-ethyl adjacent to an activating group) is 1. The topological polar surface area (TPSA) is 78.4 Å². The second-order valence-corrected chi connectivity index (χ2v) is 9.49. The fourth-order valence-corrected chi connectivity index (χ4v) is 5.83. The van der Waals surface area contributed by atoms with Crippen LogP contribution in [-0.2, 0) is 14.3 Å². The van der Waals surface area contributed by atoms with E-state index < -0.39 is 0 Å². The van der Waals surface area contributed by atoms with Crippen LogP contribution in [0.1, 0.15) is 38.5 Å². The third-order valence-corrected chi connectivity index (χ3v) is 7.50. The van der Waals surface area contributed by atoms with Crippen LogP contribution in [0.4, 0.5) is 0 Å². The molecule has 4 aliphatic rings. The van der Waals surface area contributed by atoms with E-state index >= 15 is 0 Å². The molecule has 2 saturated heterocycles. The average Bonchev–Trinajstić information content (AvgIpc) is 3.42. The minimum absolute atomic E-state index is 0.0238. The SMILES string of the molecule is CN(C)C(=O)CN=C(NCCCN1CCOCC1)NC1C2CCOC2C12CCCC2. The molecule has 1 spiro atoms. The van der Waals surface area contributed by atoms with Crippen LogP contribution < -0.4 is 10.6 Å². The zero-order valence-corrected chi connectivity index (χ0v) is 18.7. The highest BCUT2D eigenvalue weighted by atomic mass is 16.5. The molecule has 4 rings (SSSR count). The molecule has 8 nitrogen and oxygen atoms in total. The van der Waals surface area contributed by atoms with Crippen LogP contribution in [0, 0.1) is 11.3 Å². The van der Waals surface area contributed by atoms with Gasteiger partial charge in [-0.05, 0) is 32.2 Å². The Kier molecular flexibility index (Phi) is 7.16. The summed E-state index contributed by atoms with van der Waals surface area (Å²) in [6.07, 6.45) is 7.67. The van der Waals surface area contributed by atoms with Crippen LogP contribution >= 0.6 is 0 Å². The maximum Gasteiger partial charge on any atom is 0.243 e. The summed E-state index contributed by atoms with van der Waals surface area (Å²) in [5, 5.41) is 7.25. The Balaban J connectivity index is 1.34. The van der Waals surface area contributed by atoms with Gasteiger partial charge in [0.05, 0.1) is 19.3 Å². The van der Waals surface area contributed by atoms with E-state index in [9.17, 15) is 4.79 Å². The molecule has 2 heterocycles. The van der Waals surface area contributed by atoms with Crippen molar-refractivity contribution >= 4 is 11.9 Å². The van der Waals surface area contributed by atoms with E-state index in [2.05, 4.69) is 20.5 Å². The Bertz CT molecular complexity index is 614. The lowest BCUT2D eigenvalue weighted by Gasteiger charge is -2.57. The predicted molar refractivity (Wildman–Crippen MR) is 117 cm³/mol. The number of aliphatic imine (C=N–C) groups is 1. The minimum Gasteiger partial charge on any atom is -0.379 e. The summed E-state index contributed by atoms with van der Waals surface area (Å²) < 4.78 is 11.5. The summed E-state index contributed by atoms with van der Waals surface area (Å²) in [5.41, 5.74) is 0.267. The van der Waals surface area contributed by atoms with Gasteiger partial charge < -0.3 is 25.0 Å². The molecule has 30 heavy (non-hydrogen) atoms. The van der Waals surface area contributed by atoms with Gasteiger partial charge in [-0.2, -0.15) is 0 Å².